The Bertz CT molecular complexity index is 1780. The van der Waals surface area contributed by atoms with Gasteiger partial charge in [-0.25, -0.2) is 4.79 Å². The zero-order valence-electron chi connectivity index (χ0n) is 28.1. The average molecular weight is 640 g/mol. The van der Waals surface area contributed by atoms with Crippen molar-refractivity contribution < 1.29 is 19.1 Å². The molecule has 47 heavy (non-hydrogen) atoms. The minimum absolute atomic E-state index is 0.175. The van der Waals surface area contributed by atoms with Crippen molar-refractivity contribution in [3.8, 4) is 11.5 Å². The SMILES string of the molecule is COc1c(NC(C)=O)cc(C(C)(C)C)cc1NC(=O)N[C@H]1CC[C@@H](Oc2ccc3nnc(C4CCCCN4C)n3c2)c2ccccc21. The van der Waals surface area contributed by atoms with E-state index < -0.39 is 0 Å². The number of amides is 3. The van der Waals surface area contributed by atoms with E-state index >= 15 is 0 Å². The summed E-state index contributed by atoms with van der Waals surface area (Å²) in [6.07, 6.45) is 6.68. The molecule has 1 saturated heterocycles. The van der Waals surface area contributed by atoms with Gasteiger partial charge in [0.25, 0.3) is 0 Å². The topological polar surface area (TPSA) is 122 Å². The first-order valence-electron chi connectivity index (χ1n) is 16.4. The van der Waals surface area contributed by atoms with Crippen LogP contribution in [0.4, 0.5) is 16.2 Å². The van der Waals surface area contributed by atoms with Crippen LogP contribution in [0.15, 0.2) is 54.7 Å². The summed E-state index contributed by atoms with van der Waals surface area (Å²) in [6, 6.07) is 15.5. The van der Waals surface area contributed by atoms with Gasteiger partial charge in [-0.1, -0.05) is 51.5 Å². The summed E-state index contributed by atoms with van der Waals surface area (Å²) in [6.45, 7) is 8.73. The van der Waals surface area contributed by atoms with Crippen LogP contribution in [0.1, 0.15) is 101 Å². The lowest BCUT2D eigenvalue weighted by atomic mass is 9.85. The Kier molecular flexibility index (Phi) is 9.09. The van der Waals surface area contributed by atoms with Gasteiger partial charge in [-0.05, 0) is 85.6 Å². The van der Waals surface area contributed by atoms with Crippen LogP contribution < -0.4 is 25.4 Å². The van der Waals surface area contributed by atoms with Crippen molar-refractivity contribution in [2.24, 2.45) is 0 Å². The van der Waals surface area contributed by atoms with Gasteiger partial charge in [0, 0.05) is 6.92 Å². The monoisotopic (exact) mass is 639 g/mol. The molecule has 11 nitrogen and oxygen atoms in total. The number of piperidine rings is 1. The van der Waals surface area contributed by atoms with E-state index in [-0.39, 0.29) is 35.5 Å². The second kappa shape index (κ2) is 13.2. The number of fused-ring (bicyclic) bond motifs is 2. The third-order valence-corrected chi connectivity index (χ3v) is 9.21. The Morgan fingerprint density at radius 1 is 0.936 bits per heavy atom. The average Bonchev–Trinajstić information content (AvgIpc) is 3.44. The van der Waals surface area contributed by atoms with E-state index in [0.29, 0.717) is 23.5 Å². The Morgan fingerprint density at radius 3 is 2.38 bits per heavy atom. The van der Waals surface area contributed by atoms with Crippen molar-refractivity contribution in [1.82, 2.24) is 24.8 Å². The number of ether oxygens (including phenoxy) is 2. The fraction of sp³-hybridized carbons (Fsp3) is 0.444. The fourth-order valence-corrected chi connectivity index (χ4v) is 6.75. The third kappa shape index (κ3) is 6.90. The minimum Gasteiger partial charge on any atom is -0.492 e. The molecular formula is C36H45N7O4. The van der Waals surface area contributed by atoms with Gasteiger partial charge in [0.15, 0.2) is 17.2 Å². The molecule has 1 fully saturated rings. The number of methoxy groups -OCH3 is 1. The number of rotatable bonds is 7. The van der Waals surface area contributed by atoms with Crippen molar-refractivity contribution in [2.45, 2.75) is 83.4 Å². The quantitative estimate of drug-likeness (QED) is 0.201. The molecule has 3 amide bonds. The highest BCUT2D eigenvalue weighted by atomic mass is 16.5. The number of nitrogens with zero attached hydrogens (tertiary/aromatic N) is 4. The van der Waals surface area contributed by atoms with Crippen LogP contribution in [0.2, 0.25) is 0 Å². The standard InChI is InChI=1S/C36H45N7O4/c1-22(44)37-28-19-23(36(2,3)4)20-29(33(28)46-6)39-35(45)38-27-15-16-31(26-12-8-7-11-25(26)27)47-24-14-17-32-40-41-34(43(32)21-24)30-13-9-10-18-42(30)5/h7-8,11-12,14,17,19-21,27,30-31H,9-10,13,15-16,18H2,1-6H3,(H,37,44)(H2,38,39,45)/t27-,30?,31+/m0/s1. The number of hydrogen-bond donors (Lipinski definition) is 3. The number of benzene rings is 2. The van der Waals surface area contributed by atoms with Crippen LogP contribution >= 0.6 is 0 Å². The van der Waals surface area contributed by atoms with E-state index in [9.17, 15) is 9.59 Å². The molecule has 1 aliphatic heterocycles. The predicted octanol–water partition coefficient (Wildman–Crippen LogP) is 6.93. The molecule has 2 aromatic heterocycles. The molecule has 6 rings (SSSR count). The lowest BCUT2D eigenvalue weighted by molar-refractivity contribution is -0.114. The highest BCUT2D eigenvalue weighted by molar-refractivity contribution is 5.97. The summed E-state index contributed by atoms with van der Waals surface area (Å²) >= 11 is 0. The van der Waals surface area contributed by atoms with E-state index in [4.69, 9.17) is 9.47 Å². The molecule has 3 atom stereocenters. The highest BCUT2D eigenvalue weighted by Crippen LogP contribution is 2.41. The van der Waals surface area contributed by atoms with Gasteiger partial charge in [-0.15, -0.1) is 10.2 Å². The Labute approximate surface area is 276 Å². The van der Waals surface area contributed by atoms with Crippen molar-refractivity contribution in [3.63, 3.8) is 0 Å². The van der Waals surface area contributed by atoms with Gasteiger partial charge >= 0.3 is 6.03 Å². The first-order valence-corrected chi connectivity index (χ1v) is 16.4. The van der Waals surface area contributed by atoms with Crippen LogP contribution in [0.25, 0.3) is 5.65 Å². The van der Waals surface area contributed by atoms with Crippen molar-refractivity contribution in [2.75, 3.05) is 31.3 Å². The predicted molar refractivity (Wildman–Crippen MR) is 182 cm³/mol. The Morgan fingerprint density at radius 2 is 1.68 bits per heavy atom. The van der Waals surface area contributed by atoms with Crippen molar-refractivity contribution >= 4 is 29.0 Å². The van der Waals surface area contributed by atoms with Crippen molar-refractivity contribution in [3.05, 3.63) is 77.2 Å². The maximum Gasteiger partial charge on any atom is 0.319 e. The van der Waals surface area contributed by atoms with E-state index in [2.05, 4.69) is 69.3 Å². The molecule has 0 spiro atoms. The molecule has 4 aromatic rings. The van der Waals surface area contributed by atoms with Gasteiger partial charge in [0.2, 0.25) is 5.91 Å². The molecule has 1 aliphatic carbocycles. The van der Waals surface area contributed by atoms with E-state index in [0.717, 1.165) is 53.3 Å². The lowest BCUT2D eigenvalue weighted by Crippen LogP contribution is -2.35. The summed E-state index contributed by atoms with van der Waals surface area (Å²) in [4.78, 5) is 27.8. The normalized spacial score (nSPS) is 19.9. The molecule has 2 aromatic carbocycles. The maximum atomic E-state index is 13.5. The number of hydrogen-bond acceptors (Lipinski definition) is 7. The van der Waals surface area contributed by atoms with Crippen LogP contribution in [0.5, 0.6) is 11.5 Å². The van der Waals surface area contributed by atoms with E-state index in [1.807, 2.05) is 48.7 Å². The van der Waals surface area contributed by atoms with Crippen LogP contribution in [0, 0.1) is 0 Å². The molecular weight excluding hydrogens is 594 g/mol. The molecule has 3 N–H and O–H groups in total. The summed E-state index contributed by atoms with van der Waals surface area (Å²) < 4.78 is 14.3. The van der Waals surface area contributed by atoms with Crippen LogP contribution in [-0.4, -0.2) is 52.1 Å². The van der Waals surface area contributed by atoms with Gasteiger partial charge < -0.3 is 25.4 Å². The molecule has 2 aliphatic rings. The third-order valence-electron chi connectivity index (χ3n) is 9.21. The van der Waals surface area contributed by atoms with Crippen LogP contribution in [0.3, 0.4) is 0 Å². The first kappa shape index (κ1) is 32.3. The number of pyridine rings is 1. The molecule has 248 valence electrons. The number of carbonyl (C=O) groups is 2. The van der Waals surface area contributed by atoms with Crippen molar-refractivity contribution in [1.29, 1.82) is 0 Å². The summed E-state index contributed by atoms with van der Waals surface area (Å²) in [7, 11) is 3.67. The summed E-state index contributed by atoms with van der Waals surface area (Å²) in [5.74, 6) is 1.87. The fourth-order valence-electron chi connectivity index (χ4n) is 6.75. The van der Waals surface area contributed by atoms with Crippen LogP contribution in [-0.2, 0) is 10.2 Å². The van der Waals surface area contributed by atoms with Gasteiger partial charge in [0.1, 0.15) is 11.9 Å². The molecule has 3 heterocycles. The smallest absolute Gasteiger partial charge is 0.319 e. The highest BCUT2D eigenvalue weighted by Gasteiger charge is 2.31. The Balaban J connectivity index is 1.20. The number of carbonyl (C=O) groups excluding carboxylic acids is 2. The minimum atomic E-state index is -0.361. The number of anilines is 2. The second-order valence-corrected chi connectivity index (χ2v) is 13.6. The molecule has 0 radical (unpaired) electrons. The van der Waals surface area contributed by atoms with E-state index in [1.165, 1.54) is 26.9 Å². The van der Waals surface area contributed by atoms with Gasteiger partial charge in [-0.2, -0.15) is 0 Å². The number of urea groups is 1. The molecule has 11 heteroatoms. The largest absolute Gasteiger partial charge is 0.492 e. The summed E-state index contributed by atoms with van der Waals surface area (Å²) in [5, 5.41) is 18.0. The Hall–Kier alpha value is -4.64. The molecule has 0 saturated carbocycles. The number of aromatic nitrogens is 3. The molecule has 0 bridgehead atoms. The van der Waals surface area contributed by atoms with E-state index in [1.54, 1.807) is 0 Å². The maximum absolute atomic E-state index is 13.5. The lowest BCUT2D eigenvalue weighted by Gasteiger charge is -2.32. The summed E-state index contributed by atoms with van der Waals surface area (Å²) in [5.41, 5.74) is 4.57. The zero-order valence-corrected chi connectivity index (χ0v) is 28.1. The first-order chi connectivity index (χ1) is 22.5. The number of nitrogens with one attached hydrogen (secondary N) is 3. The zero-order chi connectivity index (χ0) is 33.3. The van der Waals surface area contributed by atoms with Gasteiger partial charge in [-0.3, -0.25) is 14.1 Å². The molecule has 1 unspecified atom stereocenters. The van der Waals surface area contributed by atoms with Gasteiger partial charge in [0.05, 0.1) is 36.8 Å². The number of likely N-dealkylation sites (tertiary alicyclic amines) is 1. The second-order valence-electron chi connectivity index (χ2n) is 13.6.